The highest BCUT2D eigenvalue weighted by Gasteiger charge is 2.34. The van der Waals surface area contributed by atoms with Crippen LogP contribution in [0.4, 0.5) is 0 Å². The average Bonchev–Trinajstić information content (AvgIpc) is 3.05. The van der Waals surface area contributed by atoms with Gasteiger partial charge in [-0.25, -0.2) is 0 Å². The van der Waals surface area contributed by atoms with E-state index < -0.39 is 5.41 Å². The Kier molecular flexibility index (Phi) is 9.01. The molecule has 7 heteroatoms. The first-order valence-electron chi connectivity index (χ1n) is 12.7. The second kappa shape index (κ2) is 11.5. The quantitative estimate of drug-likeness (QED) is 0.170. The van der Waals surface area contributed by atoms with Crippen LogP contribution >= 0.6 is 24.0 Å². The zero-order valence-electron chi connectivity index (χ0n) is 23.6. The predicted octanol–water partition coefficient (Wildman–Crippen LogP) is 7.25. The van der Waals surface area contributed by atoms with Crippen molar-refractivity contribution in [2.24, 2.45) is 5.41 Å². The van der Waals surface area contributed by atoms with E-state index in [0.717, 1.165) is 21.5 Å². The Morgan fingerprint density at radius 1 is 1.05 bits per heavy atom. The number of nitrogens with zero attached hydrogens (tertiary/aromatic N) is 2. The van der Waals surface area contributed by atoms with Gasteiger partial charge in [0.05, 0.1) is 12.0 Å². The van der Waals surface area contributed by atoms with Crippen molar-refractivity contribution in [3.8, 4) is 5.75 Å². The Morgan fingerprint density at radius 3 is 2.27 bits per heavy atom. The zero-order valence-corrected chi connectivity index (χ0v) is 25.2. The number of benzene rings is 2. The highest BCUT2D eigenvalue weighted by molar-refractivity contribution is 8.00. The van der Waals surface area contributed by atoms with Crippen LogP contribution in [0.15, 0.2) is 47.4 Å². The molecule has 0 aliphatic heterocycles. The van der Waals surface area contributed by atoms with Crippen LogP contribution in [-0.2, 0) is 22.5 Å². The minimum atomic E-state index is -0.686. The van der Waals surface area contributed by atoms with Crippen LogP contribution in [0.2, 0.25) is 0 Å². The summed E-state index contributed by atoms with van der Waals surface area (Å²) in [5, 5.41) is 1.51. The van der Waals surface area contributed by atoms with Crippen LogP contribution in [0.25, 0.3) is 10.9 Å². The number of hydrogen-bond acceptors (Lipinski definition) is 5. The largest absolute Gasteiger partial charge is 0.466 e. The third-order valence-electron chi connectivity index (χ3n) is 5.97. The van der Waals surface area contributed by atoms with E-state index in [0.29, 0.717) is 30.5 Å². The first-order valence-corrected chi connectivity index (χ1v) is 13.9. The number of thioether (sulfide) groups is 1. The van der Waals surface area contributed by atoms with E-state index in [1.165, 1.54) is 11.1 Å². The second-order valence-corrected chi connectivity index (χ2v) is 13.5. The van der Waals surface area contributed by atoms with E-state index in [-0.39, 0.29) is 10.7 Å². The first-order chi connectivity index (χ1) is 17.2. The number of carbonyl (C=O) groups is 1. The Hall–Kier alpha value is -2.51. The summed E-state index contributed by atoms with van der Waals surface area (Å²) in [6.07, 6.45) is 0.553. The summed E-state index contributed by atoms with van der Waals surface area (Å²) < 4.78 is 13.8. The third-order valence-corrected chi connectivity index (χ3v) is 7.69. The van der Waals surface area contributed by atoms with Crippen LogP contribution in [0, 0.1) is 12.3 Å². The first kappa shape index (κ1) is 29.1. The highest BCUT2D eigenvalue weighted by atomic mass is 32.2. The van der Waals surface area contributed by atoms with Gasteiger partial charge in [-0.3, -0.25) is 4.79 Å². The van der Waals surface area contributed by atoms with Crippen LogP contribution in [0.1, 0.15) is 58.4 Å². The molecule has 0 saturated heterocycles. The maximum absolute atomic E-state index is 12.9. The van der Waals surface area contributed by atoms with E-state index >= 15 is 0 Å². The van der Waals surface area contributed by atoms with E-state index in [1.54, 1.807) is 4.90 Å². The molecule has 0 saturated carbocycles. The maximum Gasteiger partial charge on any atom is 0.311 e. The van der Waals surface area contributed by atoms with Gasteiger partial charge in [0, 0.05) is 53.3 Å². The summed E-state index contributed by atoms with van der Waals surface area (Å²) in [6, 6.07) is 14.8. The van der Waals surface area contributed by atoms with Gasteiger partial charge in [-0.15, -0.1) is 11.8 Å². The molecular weight excluding hydrogens is 500 g/mol. The van der Waals surface area contributed by atoms with Gasteiger partial charge in [0.2, 0.25) is 0 Å². The molecular formula is C30H40N2O3S2. The fraction of sp³-hybridized carbons (Fsp3) is 0.467. The minimum absolute atomic E-state index is 0.0401. The van der Waals surface area contributed by atoms with Gasteiger partial charge >= 0.3 is 5.97 Å². The Labute approximate surface area is 231 Å². The Morgan fingerprint density at radius 2 is 1.70 bits per heavy atom. The fourth-order valence-electron chi connectivity index (χ4n) is 4.08. The van der Waals surface area contributed by atoms with Crippen LogP contribution in [-0.4, -0.2) is 46.1 Å². The van der Waals surface area contributed by atoms with Crippen molar-refractivity contribution in [2.45, 2.75) is 71.1 Å². The summed E-state index contributed by atoms with van der Waals surface area (Å²) in [5.74, 6) is 0.514. The number of carbonyl (C=O) groups excluding carboxylic acids is 1. The second-order valence-electron chi connectivity index (χ2n) is 11.3. The number of ether oxygens (including phenoxy) is 2. The lowest BCUT2D eigenvalue weighted by molar-refractivity contribution is -0.153. The SMILES string of the molecule is CCOC(=O)C(C)(C)Cc1c(SC(C)(C)C)c2cc(OC(=S)N(C)C)ccc2n1Cc1ccc(C)cc1. The molecule has 0 N–H and O–H groups in total. The van der Waals surface area contributed by atoms with Gasteiger partial charge < -0.3 is 18.9 Å². The number of thiocarbonyl (C=S) groups is 1. The number of aryl methyl sites for hydroxylation is 1. The van der Waals surface area contributed by atoms with Gasteiger partial charge in [0.1, 0.15) is 5.75 Å². The Bertz CT molecular complexity index is 1270. The molecule has 200 valence electrons. The Balaban J connectivity index is 2.25. The lowest BCUT2D eigenvalue weighted by atomic mass is 9.87. The summed E-state index contributed by atoms with van der Waals surface area (Å²) in [6.45, 7) is 15.6. The smallest absolute Gasteiger partial charge is 0.311 e. The van der Waals surface area contributed by atoms with Crippen molar-refractivity contribution in [3.05, 3.63) is 59.3 Å². The molecule has 0 amide bonds. The van der Waals surface area contributed by atoms with Crippen LogP contribution in [0.3, 0.4) is 0 Å². The minimum Gasteiger partial charge on any atom is -0.466 e. The number of esters is 1. The molecule has 3 rings (SSSR count). The normalized spacial score (nSPS) is 12.0. The summed E-state index contributed by atoms with van der Waals surface area (Å²) in [5.41, 5.74) is 3.98. The van der Waals surface area contributed by atoms with Crippen molar-refractivity contribution in [1.29, 1.82) is 0 Å². The molecule has 0 radical (unpaired) electrons. The zero-order chi connectivity index (χ0) is 27.5. The van der Waals surface area contributed by atoms with Crippen LogP contribution in [0.5, 0.6) is 5.75 Å². The van der Waals surface area contributed by atoms with Crippen molar-refractivity contribution in [3.63, 3.8) is 0 Å². The monoisotopic (exact) mass is 540 g/mol. The van der Waals surface area contributed by atoms with Gasteiger partial charge in [-0.05, 0) is 63.7 Å². The molecule has 0 aliphatic carbocycles. The van der Waals surface area contributed by atoms with Gasteiger partial charge in [-0.2, -0.15) is 0 Å². The van der Waals surface area contributed by atoms with Gasteiger partial charge in [-0.1, -0.05) is 50.6 Å². The van der Waals surface area contributed by atoms with E-state index in [4.69, 9.17) is 21.7 Å². The van der Waals surface area contributed by atoms with Gasteiger partial charge in [0.15, 0.2) is 0 Å². The third kappa shape index (κ3) is 7.29. The number of aromatic nitrogens is 1. The summed E-state index contributed by atoms with van der Waals surface area (Å²) >= 11 is 7.22. The van der Waals surface area contributed by atoms with E-state index in [9.17, 15) is 4.79 Å². The van der Waals surface area contributed by atoms with E-state index in [2.05, 4.69) is 68.7 Å². The van der Waals surface area contributed by atoms with E-state index in [1.807, 2.05) is 52.7 Å². The number of fused-ring (bicyclic) bond motifs is 1. The predicted molar refractivity (Wildman–Crippen MR) is 159 cm³/mol. The molecule has 0 atom stereocenters. The van der Waals surface area contributed by atoms with Crippen LogP contribution < -0.4 is 4.74 Å². The molecule has 0 bridgehead atoms. The summed E-state index contributed by atoms with van der Waals surface area (Å²) in [4.78, 5) is 15.9. The average molecular weight is 541 g/mol. The molecule has 0 spiro atoms. The molecule has 2 aromatic carbocycles. The molecule has 37 heavy (non-hydrogen) atoms. The van der Waals surface area contributed by atoms with Crippen molar-refractivity contribution < 1.29 is 14.3 Å². The molecule has 0 unspecified atom stereocenters. The number of rotatable bonds is 8. The standard InChI is InChI=1S/C30H40N2O3S2/c1-10-34-27(33)30(6,7)18-25-26(37-29(3,4)5)23-17-22(35-28(36)31(8)9)15-16-24(23)32(25)19-21-13-11-20(2)12-14-21/h11-17H,10,18-19H2,1-9H3. The van der Waals surface area contributed by atoms with Crippen molar-refractivity contribution in [2.75, 3.05) is 20.7 Å². The van der Waals surface area contributed by atoms with Crippen molar-refractivity contribution >= 4 is 46.0 Å². The number of hydrogen-bond donors (Lipinski definition) is 0. The molecule has 1 heterocycles. The fourth-order valence-corrected chi connectivity index (χ4v) is 5.36. The molecule has 0 aliphatic rings. The van der Waals surface area contributed by atoms with Gasteiger partial charge in [0.25, 0.3) is 5.17 Å². The van der Waals surface area contributed by atoms with Crippen molar-refractivity contribution in [1.82, 2.24) is 9.47 Å². The highest BCUT2D eigenvalue weighted by Crippen LogP contribution is 2.44. The topological polar surface area (TPSA) is 43.7 Å². The summed E-state index contributed by atoms with van der Waals surface area (Å²) in [7, 11) is 3.74. The maximum atomic E-state index is 12.9. The molecule has 0 fully saturated rings. The molecule has 1 aromatic heterocycles. The lowest BCUT2D eigenvalue weighted by Crippen LogP contribution is -2.30. The molecule has 5 nitrogen and oxygen atoms in total. The molecule has 3 aromatic rings. The lowest BCUT2D eigenvalue weighted by Gasteiger charge is -2.26.